The highest BCUT2D eigenvalue weighted by Gasteiger charge is 2.16. The fourth-order valence-corrected chi connectivity index (χ4v) is 2.82. The van der Waals surface area contributed by atoms with Gasteiger partial charge in [0.15, 0.2) is 11.5 Å². The highest BCUT2D eigenvalue weighted by molar-refractivity contribution is 14.1. The number of methoxy groups -OCH3 is 2. The topological polar surface area (TPSA) is 47.6 Å². The Balaban J connectivity index is 2.35. The number of hydrogen-bond donors (Lipinski definition) is 1. The molecule has 0 saturated carbocycles. The first-order valence-electron chi connectivity index (χ1n) is 6.46. The molecule has 0 saturated heterocycles. The fraction of sp³-hybridized carbons (Fsp3) is 0.188. The molecule has 2 rings (SSSR count). The molecule has 0 radical (unpaired) electrons. The molecule has 116 valence electrons. The van der Waals surface area contributed by atoms with Crippen molar-refractivity contribution in [1.29, 1.82) is 0 Å². The molecule has 1 N–H and O–H groups in total. The van der Waals surface area contributed by atoms with Crippen LogP contribution in [0.3, 0.4) is 0 Å². The van der Waals surface area contributed by atoms with Crippen LogP contribution in [-0.4, -0.2) is 20.1 Å². The Bertz CT molecular complexity index is 719. The van der Waals surface area contributed by atoms with Crippen molar-refractivity contribution in [3.8, 4) is 11.5 Å². The Morgan fingerprint density at radius 1 is 1.18 bits per heavy atom. The maximum atomic E-state index is 12.5. The molecular weight excluding hydrogens is 417 g/mol. The fourth-order valence-electron chi connectivity index (χ4n) is 1.96. The largest absolute Gasteiger partial charge is 0.493 e. The summed E-state index contributed by atoms with van der Waals surface area (Å²) in [7, 11) is 3.09. The van der Waals surface area contributed by atoms with E-state index < -0.39 is 0 Å². The van der Waals surface area contributed by atoms with Crippen molar-refractivity contribution in [3.63, 3.8) is 0 Å². The molecule has 0 aliphatic rings. The molecule has 2 aromatic rings. The number of anilines is 1. The van der Waals surface area contributed by atoms with Crippen LogP contribution < -0.4 is 14.8 Å². The van der Waals surface area contributed by atoms with Crippen molar-refractivity contribution in [2.75, 3.05) is 19.5 Å². The van der Waals surface area contributed by atoms with Crippen molar-refractivity contribution in [2.45, 2.75) is 6.92 Å². The second-order valence-corrected chi connectivity index (χ2v) is 6.12. The van der Waals surface area contributed by atoms with E-state index in [0.717, 1.165) is 9.13 Å². The molecule has 0 aliphatic carbocycles. The summed E-state index contributed by atoms with van der Waals surface area (Å²) in [6, 6.07) is 8.82. The zero-order valence-corrected chi connectivity index (χ0v) is 15.3. The molecule has 2 aromatic carbocycles. The van der Waals surface area contributed by atoms with Crippen LogP contribution >= 0.6 is 34.2 Å². The smallest absolute Gasteiger partial charge is 0.256 e. The molecule has 0 unspecified atom stereocenters. The van der Waals surface area contributed by atoms with Crippen LogP contribution in [0, 0.1) is 10.5 Å². The van der Waals surface area contributed by atoms with E-state index in [1.807, 2.05) is 13.0 Å². The molecule has 0 spiro atoms. The second-order valence-electron chi connectivity index (χ2n) is 4.55. The van der Waals surface area contributed by atoms with E-state index in [4.69, 9.17) is 21.1 Å². The van der Waals surface area contributed by atoms with Gasteiger partial charge in [0.2, 0.25) is 0 Å². The van der Waals surface area contributed by atoms with Gasteiger partial charge in [0.25, 0.3) is 5.91 Å². The van der Waals surface area contributed by atoms with Crippen LogP contribution in [0.15, 0.2) is 30.3 Å². The van der Waals surface area contributed by atoms with Gasteiger partial charge >= 0.3 is 0 Å². The number of benzene rings is 2. The molecule has 0 atom stereocenters. The van der Waals surface area contributed by atoms with Crippen LogP contribution in [0.5, 0.6) is 11.5 Å². The standard InChI is InChI=1S/C16H15ClINO3/c1-9-11(17)5-4-6-13(9)19-16(20)10-7-14(21-2)15(22-3)8-12(10)18/h4-8H,1-3H3,(H,19,20). The van der Waals surface area contributed by atoms with Crippen LogP contribution in [0.4, 0.5) is 5.69 Å². The number of hydrogen-bond acceptors (Lipinski definition) is 3. The molecule has 6 heteroatoms. The van der Waals surface area contributed by atoms with Crippen LogP contribution in [0.25, 0.3) is 0 Å². The van der Waals surface area contributed by atoms with E-state index in [2.05, 4.69) is 27.9 Å². The molecule has 0 bridgehead atoms. The molecule has 1 amide bonds. The molecule has 22 heavy (non-hydrogen) atoms. The summed E-state index contributed by atoms with van der Waals surface area (Å²) in [5, 5.41) is 3.48. The number of rotatable bonds is 4. The SMILES string of the molecule is COc1cc(I)c(C(=O)Nc2cccc(Cl)c2C)cc1OC. The molecule has 4 nitrogen and oxygen atoms in total. The van der Waals surface area contributed by atoms with E-state index in [1.165, 1.54) is 7.11 Å². The lowest BCUT2D eigenvalue weighted by atomic mass is 10.1. The number of carbonyl (C=O) groups is 1. The molecule has 0 heterocycles. The van der Waals surface area contributed by atoms with Gasteiger partial charge in [-0.25, -0.2) is 0 Å². The van der Waals surface area contributed by atoms with Gasteiger partial charge in [0, 0.05) is 14.3 Å². The minimum Gasteiger partial charge on any atom is -0.493 e. The minimum atomic E-state index is -0.226. The van der Waals surface area contributed by atoms with Crippen molar-refractivity contribution in [2.24, 2.45) is 0 Å². The predicted molar refractivity (Wildman–Crippen MR) is 96.4 cm³/mol. The summed E-state index contributed by atoms with van der Waals surface area (Å²) in [6.45, 7) is 1.86. The van der Waals surface area contributed by atoms with E-state index in [0.29, 0.717) is 27.8 Å². The summed E-state index contributed by atoms with van der Waals surface area (Å²) in [5.74, 6) is 0.869. The molecule has 0 aromatic heterocycles. The van der Waals surface area contributed by atoms with Crippen molar-refractivity contribution >= 4 is 45.8 Å². The summed E-state index contributed by atoms with van der Waals surface area (Å²) in [4.78, 5) is 12.5. The zero-order valence-electron chi connectivity index (χ0n) is 12.4. The maximum Gasteiger partial charge on any atom is 0.256 e. The van der Waals surface area contributed by atoms with Gasteiger partial charge in [-0.3, -0.25) is 4.79 Å². The predicted octanol–water partition coefficient (Wildman–Crippen LogP) is 4.52. The van der Waals surface area contributed by atoms with E-state index in [9.17, 15) is 4.79 Å². The first-order chi connectivity index (χ1) is 10.5. The average Bonchev–Trinajstić information content (AvgIpc) is 2.51. The lowest BCUT2D eigenvalue weighted by Crippen LogP contribution is -2.14. The van der Waals surface area contributed by atoms with Gasteiger partial charge in [0.05, 0.1) is 19.8 Å². The van der Waals surface area contributed by atoms with Gasteiger partial charge in [-0.1, -0.05) is 17.7 Å². The lowest BCUT2D eigenvalue weighted by Gasteiger charge is -2.13. The second kappa shape index (κ2) is 7.19. The first kappa shape index (κ1) is 16.9. The van der Waals surface area contributed by atoms with Crippen molar-refractivity contribution in [1.82, 2.24) is 0 Å². The summed E-state index contributed by atoms with van der Waals surface area (Å²) >= 11 is 8.17. The molecule has 0 fully saturated rings. The van der Waals surface area contributed by atoms with E-state index in [-0.39, 0.29) is 5.91 Å². The summed E-state index contributed by atoms with van der Waals surface area (Å²) in [6.07, 6.45) is 0. The normalized spacial score (nSPS) is 10.2. The Morgan fingerprint density at radius 2 is 1.82 bits per heavy atom. The van der Waals surface area contributed by atoms with Gasteiger partial charge in [0.1, 0.15) is 0 Å². The van der Waals surface area contributed by atoms with Crippen molar-refractivity contribution in [3.05, 3.63) is 50.1 Å². The molecule has 0 aliphatic heterocycles. The van der Waals surface area contributed by atoms with Crippen molar-refractivity contribution < 1.29 is 14.3 Å². The van der Waals surface area contributed by atoms with Gasteiger partial charge in [-0.2, -0.15) is 0 Å². The monoisotopic (exact) mass is 431 g/mol. The zero-order chi connectivity index (χ0) is 16.3. The van der Waals surface area contributed by atoms with E-state index >= 15 is 0 Å². The Kier molecular flexibility index (Phi) is 5.52. The van der Waals surface area contributed by atoms with Gasteiger partial charge < -0.3 is 14.8 Å². The van der Waals surface area contributed by atoms with Gasteiger partial charge in [-0.15, -0.1) is 0 Å². The average molecular weight is 432 g/mol. The third-order valence-corrected chi connectivity index (χ3v) is 4.54. The number of carbonyl (C=O) groups excluding carboxylic acids is 1. The number of ether oxygens (including phenoxy) is 2. The van der Waals surface area contributed by atoms with Gasteiger partial charge in [-0.05, 0) is 59.3 Å². The van der Waals surface area contributed by atoms with Crippen LogP contribution in [-0.2, 0) is 0 Å². The number of nitrogens with one attached hydrogen (secondary N) is 1. The number of amides is 1. The third-order valence-electron chi connectivity index (χ3n) is 3.23. The summed E-state index contributed by atoms with van der Waals surface area (Å²) < 4.78 is 11.2. The summed E-state index contributed by atoms with van der Waals surface area (Å²) in [5.41, 5.74) is 2.02. The van der Waals surface area contributed by atoms with E-state index in [1.54, 1.807) is 31.4 Å². The van der Waals surface area contributed by atoms with Crippen LogP contribution in [0.1, 0.15) is 15.9 Å². The highest BCUT2D eigenvalue weighted by Crippen LogP contribution is 2.32. The Hall–Kier alpha value is -1.47. The quantitative estimate of drug-likeness (QED) is 0.724. The lowest BCUT2D eigenvalue weighted by molar-refractivity contribution is 0.102. The maximum absolute atomic E-state index is 12.5. The third kappa shape index (κ3) is 3.47. The minimum absolute atomic E-state index is 0.226. The first-order valence-corrected chi connectivity index (χ1v) is 7.91. The Labute approximate surface area is 147 Å². The molecular formula is C16H15ClINO3. The Morgan fingerprint density at radius 3 is 2.45 bits per heavy atom. The highest BCUT2D eigenvalue weighted by atomic mass is 127. The van der Waals surface area contributed by atoms with Crippen LogP contribution in [0.2, 0.25) is 5.02 Å². The number of halogens is 2.